The largest absolute Gasteiger partial charge is 0.543 e. The molecule has 66 valence electrons. The van der Waals surface area contributed by atoms with Gasteiger partial charge in [0.15, 0.2) is 0 Å². The lowest BCUT2D eigenvalue weighted by Gasteiger charge is -1.97. The van der Waals surface area contributed by atoms with E-state index in [0.717, 1.165) is 0 Å². The van der Waals surface area contributed by atoms with Crippen molar-refractivity contribution in [3.8, 4) is 0 Å². The smallest absolute Gasteiger partial charge is 0.0870 e. The van der Waals surface area contributed by atoms with E-state index in [1.165, 1.54) is 0 Å². The van der Waals surface area contributed by atoms with Crippen molar-refractivity contribution in [3.63, 3.8) is 0 Å². The Balaban J connectivity index is -0.0000000208. The Morgan fingerprint density at radius 1 is 0.700 bits per heavy atom. The molecule has 8 nitrogen and oxygen atoms in total. The molecule has 8 heteroatoms. The third-order valence-electron chi connectivity index (χ3n) is 0.167. The van der Waals surface area contributed by atoms with Crippen LogP contribution in [0.1, 0.15) is 0 Å². The van der Waals surface area contributed by atoms with Gasteiger partial charge >= 0.3 is 0 Å². The zero-order valence-electron chi connectivity index (χ0n) is 4.63. The number of hydrogen-bond donors (Lipinski definition) is 0. The van der Waals surface area contributed by atoms with E-state index in [1.807, 2.05) is 0 Å². The van der Waals surface area contributed by atoms with Crippen molar-refractivity contribution in [2.45, 2.75) is 0 Å². The quantitative estimate of drug-likeness (QED) is 0.316. The normalized spacial score (nSPS) is 4.40. The van der Waals surface area contributed by atoms with Crippen molar-refractivity contribution in [3.05, 3.63) is 0 Å². The molecule has 10 heavy (non-hydrogen) atoms. The molecule has 0 aliphatic rings. The molecule has 0 rings (SSSR count). The van der Waals surface area contributed by atoms with Crippen LogP contribution in [-0.2, 0) is 9.59 Å². The van der Waals surface area contributed by atoms with Crippen LogP contribution in [0.3, 0.4) is 0 Å². The van der Waals surface area contributed by atoms with Crippen LogP contribution >= 0.6 is 0 Å². The van der Waals surface area contributed by atoms with E-state index >= 15 is 0 Å². The molecule has 0 aliphatic carbocycles. The summed E-state index contributed by atoms with van der Waals surface area (Å²) < 4.78 is 0. The van der Waals surface area contributed by atoms with Gasteiger partial charge in [-0.25, -0.2) is 0 Å². The molecular weight excluding hydrogens is 152 g/mol. The summed E-state index contributed by atoms with van der Waals surface area (Å²) in [5.41, 5.74) is 0. The molecule has 0 radical (unpaired) electrons. The number of carbonyl (C=O) groups excluding carboxylic acids is 2. The van der Waals surface area contributed by atoms with Gasteiger partial charge in [-0.15, -0.1) is 0 Å². The number of carboxylic acid groups (broad SMARTS) is 2. The highest BCUT2D eigenvalue weighted by atomic mass is 16.4. The first kappa shape index (κ1) is 37.2. The Morgan fingerprint density at radius 3 is 0.800 bits per heavy atom. The molecule has 0 fully saturated rings. The minimum Gasteiger partial charge on any atom is -0.543 e. The lowest BCUT2D eigenvalue weighted by atomic mass is 10.7. The second-order valence-corrected chi connectivity index (χ2v) is 0.575. The summed E-state index contributed by atoms with van der Waals surface area (Å²) in [5.74, 6) is -4.37. The van der Waals surface area contributed by atoms with Crippen LogP contribution < -0.4 is 10.2 Å². The second kappa shape index (κ2) is 15.7. The van der Waals surface area contributed by atoms with Crippen LogP contribution in [0.15, 0.2) is 0 Å². The Labute approximate surface area is 54.9 Å². The molecule has 0 bridgehead atoms. The maximum absolute atomic E-state index is 8.93. The van der Waals surface area contributed by atoms with Crippen molar-refractivity contribution in [1.29, 1.82) is 0 Å². The fourth-order valence-corrected chi connectivity index (χ4v) is 0. The lowest BCUT2D eigenvalue weighted by Crippen LogP contribution is -2.42. The predicted molar refractivity (Wildman–Crippen MR) is 24.5 cm³/mol. The summed E-state index contributed by atoms with van der Waals surface area (Å²) in [5, 5.41) is 17.9. The minimum absolute atomic E-state index is 0. The highest BCUT2D eigenvalue weighted by Gasteiger charge is 1.74. The highest BCUT2D eigenvalue weighted by molar-refractivity contribution is 6.25. The molecule has 0 unspecified atom stereocenters. The van der Waals surface area contributed by atoms with Gasteiger partial charge in [0.2, 0.25) is 0 Å². The zero-order chi connectivity index (χ0) is 5.15. The third kappa shape index (κ3) is 29.3. The molecule has 0 saturated heterocycles. The molecule has 0 saturated carbocycles. The van der Waals surface area contributed by atoms with E-state index in [9.17, 15) is 0 Å². The number of carboxylic acids is 2. The first-order valence-electron chi connectivity index (χ1n) is 1.07. The SMILES string of the molecule is O.O.O.O.O=C([O-])C(=O)[O-]. The zero-order valence-corrected chi connectivity index (χ0v) is 4.63. The third-order valence-corrected chi connectivity index (χ3v) is 0.167. The van der Waals surface area contributed by atoms with Gasteiger partial charge in [-0.1, -0.05) is 0 Å². The molecule has 0 atom stereocenters. The van der Waals surface area contributed by atoms with Crippen LogP contribution in [0.2, 0.25) is 0 Å². The average molecular weight is 160 g/mol. The van der Waals surface area contributed by atoms with Crippen molar-refractivity contribution < 1.29 is 41.7 Å². The van der Waals surface area contributed by atoms with Crippen LogP contribution in [0.4, 0.5) is 0 Å². The van der Waals surface area contributed by atoms with Gasteiger partial charge in [0.25, 0.3) is 0 Å². The fraction of sp³-hybridized carbons (Fsp3) is 0. The average Bonchev–Trinajstić information content (AvgIpc) is 1.36. The van der Waals surface area contributed by atoms with Crippen molar-refractivity contribution in [2.75, 3.05) is 0 Å². The Kier molecular flexibility index (Phi) is 58.2. The molecule has 0 heterocycles. The van der Waals surface area contributed by atoms with Gasteiger partial charge in [-0.3, -0.25) is 0 Å². The summed E-state index contributed by atoms with van der Waals surface area (Å²) >= 11 is 0. The van der Waals surface area contributed by atoms with Gasteiger partial charge in [-0.05, 0) is 0 Å². The Morgan fingerprint density at radius 2 is 0.800 bits per heavy atom. The van der Waals surface area contributed by atoms with Gasteiger partial charge in [0, 0.05) is 0 Å². The molecule has 8 N–H and O–H groups in total. The monoisotopic (exact) mass is 160 g/mol. The minimum atomic E-state index is -2.19. The lowest BCUT2D eigenvalue weighted by molar-refractivity contribution is -0.345. The number of hydrogen-bond acceptors (Lipinski definition) is 4. The predicted octanol–water partition coefficient (Wildman–Crippen LogP) is -6.81. The van der Waals surface area contributed by atoms with Crippen LogP contribution in [0.25, 0.3) is 0 Å². The number of carbonyl (C=O) groups is 2. The Hall–Kier alpha value is -1.22. The Bertz CT molecular complexity index is 73.3. The molecular formula is C2H8O8-2. The van der Waals surface area contributed by atoms with E-state index in [2.05, 4.69) is 0 Å². The van der Waals surface area contributed by atoms with Crippen LogP contribution in [0, 0.1) is 0 Å². The molecule has 0 aromatic heterocycles. The first-order chi connectivity index (χ1) is 2.64. The molecule has 0 aliphatic heterocycles. The van der Waals surface area contributed by atoms with Gasteiger partial charge in [0.05, 0.1) is 11.9 Å². The van der Waals surface area contributed by atoms with E-state index in [4.69, 9.17) is 19.8 Å². The van der Waals surface area contributed by atoms with E-state index in [-0.39, 0.29) is 21.9 Å². The van der Waals surface area contributed by atoms with Crippen LogP contribution in [-0.4, -0.2) is 33.8 Å². The maximum atomic E-state index is 8.93. The summed E-state index contributed by atoms with van der Waals surface area (Å²) in [7, 11) is 0. The van der Waals surface area contributed by atoms with Crippen LogP contribution in [0.5, 0.6) is 0 Å². The molecule has 0 amide bonds. The summed E-state index contributed by atoms with van der Waals surface area (Å²) in [4.78, 5) is 17.9. The van der Waals surface area contributed by atoms with Crippen molar-refractivity contribution in [1.82, 2.24) is 0 Å². The van der Waals surface area contributed by atoms with Crippen molar-refractivity contribution in [2.24, 2.45) is 0 Å². The highest BCUT2D eigenvalue weighted by Crippen LogP contribution is 1.41. The summed E-state index contributed by atoms with van der Waals surface area (Å²) in [6.07, 6.45) is 0. The van der Waals surface area contributed by atoms with E-state index in [0.29, 0.717) is 0 Å². The van der Waals surface area contributed by atoms with E-state index in [1.54, 1.807) is 0 Å². The topological polar surface area (TPSA) is 206 Å². The second-order valence-electron chi connectivity index (χ2n) is 0.575. The number of aliphatic carboxylic acids is 2. The number of rotatable bonds is 0. The van der Waals surface area contributed by atoms with Gasteiger partial charge in [0.1, 0.15) is 0 Å². The molecule has 0 aromatic rings. The molecule has 0 spiro atoms. The summed E-state index contributed by atoms with van der Waals surface area (Å²) in [6.45, 7) is 0. The fourth-order valence-electron chi connectivity index (χ4n) is 0. The maximum Gasteiger partial charge on any atom is 0.0870 e. The van der Waals surface area contributed by atoms with Gasteiger partial charge in [-0.2, -0.15) is 0 Å². The van der Waals surface area contributed by atoms with E-state index < -0.39 is 11.9 Å². The summed E-state index contributed by atoms with van der Waals surface area (Å²) in [6, 6.07) is 0. The van der Waals surface area contributed by atoms with Gasteiger partial charge < -0.3 is 41.7 Å². The standard InChI is InChI=1S/C2H2O4.4H2O/c3-1(4)2(5)6;;;;/h(H,3,4)(H,5,6);4*1H2/p-2. The molecule has 0 aromatic carbocycles. The van der Waals surface area contributed by atoms with Crippen molar-refractivity contribution >= 4 is 11.9 Å². The first-order valence-corrected chi connectivity index (χ1v) is 1.07.